The second-order valence-corrected chi connectivity index (χ2v) is 11.5. The monoisotopic (exact) mass is 539 g/mol. The zero-order valence-electron chi connectivity index (χ0n) is 18.5. The van der Waals surface area contributed by atoms with Gasteiger partial charge in [-0.15, -0.1) is 23.1 Å². The topological polar surface area (TPSA) is 64.0 Å². The van der Waals surface area contributed by atoms with Gasteiger partial charge in [0.1, 0.15) is 5.69 Å². The summed E-state index contributed by atoms with van der Waals surface area (Å²) in [6.45, 7) is 5.45. The molecule has 13 heteroatoms. The van der Waals surface area contributed by atoms with Gasteiger partial charge in [-0.2, -0.15) is 26.9 Å². The van der Waals surface area contributed by atoms with E-state index < -0.39 is 35.2 Å². The van der Waals surface area contributed by atoms with Crippen LogP contribution in [0.5, 0.6) is 0 Å². The summed E-state index contributed by atoms with van der Waals surface area (Å²) >= 11 is 2.59. The number of unbranched alkanes of at least 4 members (excludes halogenated alkanes) is 1. The quantitative estimate of drug-likeness (QED) is 0.198. The average Bonchev–Trinajstić information content (AvgIpc) is 3.06. The molecule has 0 saturated carbocycles. The number of hydrogen-bond donors (Lipinski definition) is 1. The Bertz CT molecular complexity index is 1210. The summed E-state index contributed by atoms with van der Waals surface area (Å²) in [5.74, 6) is -4.33. The maximum absolute atomic E-state index is 13.1. The lowest BCUT2D eigenvalue weighted by Gasteiger charge is -2.19. The minimum atomic E-state index is -5.56. The second-order valence-electron chi connectivity index (χ2n) is 7.65. The smallest absolute Gasteiger partial charge is 0.283 e. The van der Waals surface area contributed by atoms with Crippen LogP contribution < -0.4 is 10.4 Å². The van der Waals surface area contributed by atoms with Gasteiger partial charge >= 0.3 is 17.8 Å². The van der Waals surface area contributed by atoms with E-state index in [2.05, 4.69) is 9.71 Å². The fourth-order valence-electron chi connectivity index (χ4n) is 3.05. The predicted molar refractivity (Wildman–Crippen MR) is 125 cm³/mol. The van der Waals surface area contributed by atoms with Crippen LogP contribution in [-0.2, 0) is 11.0 Å². The maximum Gasteiger partial charge on any atom is 0.453 e. The standard InChI is InChI=1S/C21H22F5N3O2S3/c1-12-6-8-15(9-7-12)34(31)28-17-16-18(33-14(3)13(2)29(16)19(30)27-17)32-11-5-4-10-20(22,23)21(24,25)26/h6-9H,4-5,10-11H2,1-3H3,(H,27,28,30). The molecule has 1 atom stereocenters. The SMILES string of the molecule is Cc1ccc(S(=O)Nc2nc(=O)n3c(C)c(C)sc(SCCCCC(F)(F)C(F)(F)F)c2-3)cc1. The molecule has 2 aliphatic rings. The molecule has 0 aromatic heterocycles. The molecule has 0 amide bonds. The zero-order valence-corrected chi connectivity index (χ0v) is 20.9. The summed E-state index contributed by atoms with van der Waals surface area (Å²) in [4.78, 5) is 17.9. The molecule has 0 spiro atoms. The van der Waals surface area contributed by atoms with E-state index in [-0.39, 0.29) is 24.4 Å². The van der Waals surface area contributed by atoms with Gasteiger partial charge in [0, 0.05) is 17.0 Å². The van der Waals surface area contributed by atoms with E-state index >= 15 is 0 Å². The Hall–Kier alpha value is -1.99. The van der Waals surface area contributed by atoms with Gasteiger partial charge in [0.05, 0.1) is 9.10 Å². The van der Waals surface area contributed by atoms with Crippen LogP contribution in [0, 0.1) is 20.8 Å². The van der Waals surface area contributed by atoms with Gasteiger partial charge in [0.15, 0.2) is 16.8 Å². The van der Waals surface area contributed by atoms with Crippen LogP contribution in [-0.4, -0.2) is 31.6 Å². The molecule has 2 heterocycles. The number of thioether (sulfide) groups is 1. The van der Waals surface area contributed by atoms with E-state index in [1.54, 1.807) is 31.2 Å². The first-order chi connectivity index (χ1) is 15.8. The van der Waals surface area contributed by atoms with Crippen LogP contribution in [0.1, 0.15) is 35.4 Å². The van der Waals surface area contributed by atoms with Crippen molar-refractivity contribution in [2.45, 2.75) is 61.2 Å². The molecule has 0 aliphatic carbocycles. The summed E-state index contributed by atoms with van der Waals surface area (Å²) in [6, 6.07) is 7.00. The minimum Gasteiger partial charge on any atom is -0.283 e. The fourth-order valence-corrected chi connectivity index (χ4v) is 6.39. The Labute approximate surface area is 203 Å². The summed E-state index contributed by atoms with van der Waals surface area (Å²) in [5.41, 5.74) is 1.50. The van der Waals surface area contributed by atoms with E-state index in [0.29, 0.717) is 20.5 Å². The van der Waals surface area contributed by atoms with Crippen molar-refractivity contribution in [3.8, 4) is 5.69 Å². The van der Waals surface area contributed by atoms with Crippen LogP contribution in [0.25, 0.3) is 5.69 Å². The molecule has 186 valence electrons. The largest absolute Gasteiger partial charge is 0.453 e. The molecule has 0 fully saturated rings. The highest BCUT2D eigenvalue weighted by Crippen LogP contribution is 2.41. The summed E-state index contributed by atoms with van der Waals surface area (Å²) in [7, 11) is -1.69. The van der Waals surface area contributed by atoms with E-state index in [1.165, 1.54) is 27.7 Å². The number of imidazole rings is 1. The van der Waals surface area contributed by atoms with Crippen molar-refractivity contribution in [2.24, 2.45) is 0 Å². The van der Waals surface area contributed by atoms with Gasteiger partial charge in [-0.05, 0) is 51.5 Å². The normalized spacial score (nSPS) is 13.4. The van der Waals surface area contributed by atoms with Crippen molar-refractivity contribution in [3.05, 3.63) is 50.9 Å². The third kappa shape index (κ3) is 5.80. The van der Waals surface area contributed by atoms with Crippen LogP contribution in [0.4, 0.5) is 27.8 Å². The fraction of sp³-hybridized carbons (Fsp3) is 0.429. The van der Waals surface area contributed by atoms with Crippen molar-refractivity contribution < 1.29 is 26.2 Å². The summed E-state index contributed by atoms with van der Waals surface area (Å²) in [6.07, 6.45) is -7.01. The van der Waals surface area contributed by atoms with Crippen LogP contribution in [0.3, 0.4) is 0 Å². The maximum atomic E-state index is 13.1. The lowest BCUT2D eigenvalue weighted by atomic mass is 10.1. The first kappa shape index (κ1) is 26.6. The number of benzene rings is 1. The highest BCUT2D eigenvalue weighted by molar-refractivity contribution is 8.01. The average molecular weight is 540 g/mol. The van der Waals surface area contributed by atoms with E-state index in [0.717, 1.165) is 10.4 Å². The Kier molecular flexibility index (Phi) is 8.08. The number of aryl methyl sites for hydroxylation is 2. The highest BCUT2D eigenvalue weighted by atomic mass is 32.2. The third-order valence-electron chi connectivity index (χ3n) is 5.09. The number of halogens is 5. The number of nitrogens with one attached hydrogen (secondary N) is 1. The molecular weight excluding hydrogens is 517 g/mol. The number of anilines is 1. The lowest BCUT2D eigenvalue weighted by molar-refractivity contribution is -0.284. The van der Waals surface area contributed by atoms with E-state index in [4.69, 9.17) is 0 Å². The minimum absolute atomic E-state index is 0.120. The molecule has 34 heavy (non-hydrogen) atoms. The number of fused-ring (bicyclic) bond motifs is 1. The van der Waals surface area contributed by atoms with Crippen molar-refractivity contribution in [3.63, 3.8) is 0 Å². The summed E-state index contributed by atoms with van der Waals surface area (Å²) < 4.78 is 80.8. The molecule has 3 rings (SSSR count). The van der Waals surface area contributed by atoms with Gasteiger partial charge in [-0.25, -0.2) is 9.00 Å². The van der Waals surface area contributed by atoms with E-state index in [1.807, 2.05) is 13.8 Å². The molecule has 2 aliphatic heterocycles. The first-order valence-electron chi connectivity index (χ1n) is 10.2. The molecule has 0 saturated heterocycles. The van der Waals surface area contributed by atoms with Crippen molar-refractivity contribution in [2.75, 3.05) is 10.5 Å². The van der Waals surface area contributed by atoms with Gasteiger partial charge in [0.25, 0.3) is 0 Å². The molecule has 5 nitrogen and oxygen atoms in total. The Morgan fingerprint density at radius 3 is 2.35 bits per heavy atom. The molecule has 1 N–H and O–H groups in total. The first-order valence-corrected chi connectivity index (χ1v) is 13.1. The molecule has 1 aromatic rings. The molecule has 0 bridgehead atoms. The Balaban J connectivity index is 1.79. The lowest BCUT2D eigenvalue weighted by Crippen LogP contribution is -2.36. The predicted octanol–water partition coefficient (Wildman–Crippen LogP) is 6.25. The number of nitrogens with zero attached hydrogens (tertiary/aromatic N) is 2. The summed E-state index contributed by atoms with van der Waals surface area (Å²) in [5, 5.41) is 0. The van der Waals surface area contributed by atoms with E-state index in [9.17, 15) is 31.0 Å². The molecule has 1 unspecified atom stereocenters. The second kappa shape index (κ2) is 10.3. The molecule has 1 aromatic carbocycles. The Morgan fingerprint density at radius 2 is 1.74 bits per heavy atom. The highest BCUT2D eigenvalue weighted by Gasteiger charge is 2.56. The van der Waals surface area contributed by atoms with Gasteiger partial charge in [-0.1, -0.05) is 17.7 Å². The number of hydrogen-bond acceptors (Lipinski definition) is 5. The Morgan fingerprint density at radius 1 is 1.09 bits per heavy atom. The number of rotatable bonds is 9. The molecular formula is C21H22F5N3O2S3. The van der Waals surface area contributed by atoms with Crippen LogP contribution in [0.15, 0.2) is 38.2 Å². The van der Waals surface area contributed by atoms with Crippen molar-refractivity contribution in [1.82, 2.24) is 9.55 Å². The number of alkyl halides is 5. The molecule has 0 radical (unpaired) electrons. The zero-order chi connectivity index (χ0) is 25.3. The third-order valence-corrected chi connectivity index (χ3v) is 8.70. The van der Waals surface area contributed by atoms with Crippen molar-refractivity contribution >= 4 is 39.9 Å². The van der Waals surface area contributed by atoms with Crippen molar-refractivity contribution in [1.29, 1.82) is 0 Å². The van der Waals surface area contributed by atoms with Crippen LogP contribution in [0.2, 0.25) is 0 Å². The van der Waals surface area contributed by atoms with Gasteiger partial charge < -0.3 is 0 Å². The van der Waals surface area contributed by atoms with Crippen LogP contribution >= 0.6 is 23.1 Å². The van der Waals surface area contributed by atoms with Gasteiger partial charge in [-0.3, -0.25) is 9.29 Å². The van der Waals surface area contributed by atoms with Gasteiger partial charge in [0.2, 0.25) is 0 Å². The number of aromatic nitrogens is 2.